The molecule has 0 aromatic heterocycles. The molecule has 0 spiro atoms. The van der Waals surface area contributed by atoms with E-state index in [1.54, 1.807) is 13.2 Å². The summed E-state index contributed by atoms with van der Waals surface area (Å²) in [5, 5.41) is 3.40. The summed E-state index contributed by atoms with van der Waals surface area (Å²) in [7, 11) is 1.70. The predicted octanol–water partition coefficient (Wildman–Crippen LogP) is 2.65. The zero-order valence-electron chi connectivity index (χ0n) is 10.2. The fraction of sp³-hybridized carbons (Fsp3) is 0.538. The number of hydrogen-bond acceptors (Lipinski definition) is 2. The van der Waals surface area contributed by atoms with Gasteiger partial charge in [-0.2, -0.15) is 0 Å². The van der Waals surface area contributed by atoms with E-state index >= 15 is 0 Å². The Balaban J connectivity index is 2.53. The van der Waals surface area contributed by atoms with E-state index in [1.165, 1.54) is 6.07 Å². The molecule has 0 bridgehead atoms. The Morgan fingerprint density at radius 3 is 2.75 bits per heavy atom. The third-order valence-electron chi connectivity index (χ3n) is 2.75. The lowest BCUT2D eigenvalue weighted by Crippen LogP contribution is -2.32. The summed E-state index contributed by atoms with van der Waals surface area (Å²) in [6.45, 7) is 5.51. The van der Waals surface area contributed by atoms with Crippen molar-refractivity contribution in [1.82, 2.24) is 5.32 Å². The number of nitrogens with one attached hydrogen (secondary N) is 1. The number of halogens is 1. The van der Waals surface area contributed by atoms with Crippen LogP contribution in [0, 0.1) is 12.7 Å². The zero-order valence-corrected chi connectivity index (χ0v) is 10.2. The Bertz CT molecular complexity index is 328. The minimum Gasteiger partial charge on any atom is -0.383 e. The molecule has 90 valence electrons. The number of ether oxygens (including phenoxy) is 1. The molecule has 1 N–H and O–H groups in total. The second-order valence-electron chi connectivity index (χ2n) is 4.01. The molecule has 0 aliphatic heterocycles. The molecule has 3 heteroatoms. The van der Waals surface area contributed by atoms with Gasteiger partial charge < -0.3 is 10.1 Å². The Labute approximate surface area is 96.8 Å². The van der Waals surface area contributed by atoms with Crippen molar-refractivity contribution < 1.29 is 9.13 Å². The first-order valence-electron chi connectivity index (χ1n) is 5.64. The van der Waals surface area contributed by atoms with Gasteiger partial charge in [0, 0.05) is 19.7 Å². The van der Waals surface area contributed by atoms with Crippen LogP contribution in [0.5, 0.6) is 0 Å². The molecule has 0 heterocycles. The van der Waals surface area contributed by atoms with Crippen molar-refractivity contribution in [3.05, 3.63) is 35.1 Å². The monoisotopic (exact) mass is 225 g/mol. The number of aryl methyl sites for hydroxylation is 1. The van der Waals surface area contributed by atoms with Gasteiger partial charge in [0.1, 0.15) is 5.82 Å². The molecule has 0 amide bonds. The highest BCUT2D eigenvalue weighted by atomic mass is 19.1. The average molecular weight is 225 g/mol. The summed E-state index contributed by atoms with van der Waals surface area (Å²) in [6, 6.07) is 5.25. The van der Waals surface area contributed by atoms with Gasteiger partial charge in [-0.05, 0) is 36.6 Å². The Morgan fingerprint density at radius 1 is 1.44 bits per heavy atom. The third-order valence-corrected chi connectivity index (χ3v) is 2.75. The van der Waals surface area contributed by atoms with Crippen LogP contribution in [0.15, 0.2) is 18.2 Å². The molecule has 2 nitrogen and oxygen atoms in total. The minimum absolute atomic E-state index is 0.176. The number of benzene rings is 1. The lowest BCUT2D eigenvalue weighted by molar-refractivity contribution is 0.164. The SMILES string of the molecule is CCC(COC)NCc1ccc(F)cc1C. The average Bonchev–Trinajstić information content (AvgIpc) is 2.26. The van der Waals surface area contributed by atoms with E-state index in [-0.39, 0.29) is 5.82 Å². The maximum Gasteiger partial charge on any atom is 0.123 e. The van der Waals surface area contributed by atoms with Crippen LogP contribution in [0.25, 0.3) is 0 Å². The molecule has 0 aliphatic rings. The molecule has 0 fully saturated rings. The minimum atomic E-state index is -0.176. The van der Waals surface area contributed by atoms with Crippen LogP contribution in [0.1, 0.15) is 24.5 Å². The van der Waals surface area contributed by atoms with Crippen LogP contribution < -0.4 is 5.32 Å². The van der Waals surface area contributed by atoms with Gasteiger partial charge in [-0.3, -0.25) is 0 Å². The highest BCUT2D eigenvalue weighted by Crippen LogP contribution is 2.10. The summed E-state index contributed by atoms with van der Waals surface area (Å²) in [5.74, 6) is -0.176. The molecule has 1 aromatic carbocycles. The molecule has 1 atom stereocenters. The van der Waals surface area contributed by atoms with Gasteiger partial charge >= 0.3 is 0 Å². The van der Waals surface area contributed by atoms with Gasteiger partial charge in [0.05, 0.1) is 6.61 Å². The van der Waals surface area contributed by atoms with Crippen LogP contribution in [0.2, 0.25) is 0 Å². The van der Waals surface area contributed by atoms with Gasteiger partial charge in [-0.1, -0.05) is 13.0 Å². The quantitative estimate of drug-likeness (QED) is 0.803. The second kappa shape index (κ2) is 6.61. The molecule has 1 aromatic rings. The Kier molecular flexibility index (Phi) is 5.43. The lowest BCUT2D eigenvalue weighted by Gasteiger charge is -2.16. The standard InChI is InChI=1S/C13H20FNO/c1-4-13(9-16-3)15-8-11-5-6-12(14)7-10(11)2/h5-7,13,15H,4,8-9H2,1-3H3. The van der Waals surface area contributed by atoms with E-state index in [1.807, 2.05) is 13.0 Å². The molecule has 1 rings (SSSR count). The number of methoxy groups -OCH3 is 1. The molecule has 16 heavy (non-hydrogen) atoms. The third kappa shape index (κ3) is 3.91. The largest absolute Gasteiger partial charge is 0.383 e. The van der Waals surface area contributed by atoms with Crippen molar-refractivity contribution in [1.29, 1.82) is 0 Å². The van der Waals surface area contributed by atoms with Crippen molar-refractivity contribution in [2.75, 3.05) is 13.7 Å². The topological polar surface area (TPSA) is 21.3 Å². The lowest BCUT2D eigenvalue weighted by atomic mass is 10.1. The maximum absolute atomic E-state index is 12.9. The Morgan fingerprint density at radius 2 is 2.19 bits per heavy atom. The summed E-state index contributed by atoms with van der Waals surface area (Å²) < 4.78 is 18.0. The zero-order chi connectivity index (χ0) is 12.0. The highest BCUT2D eigenvalue weighted by molar-refractivity contribution is 5.26. The first kappa shape index (κ1) is 13.1. The Hall–Kier alpha value is -0.930. The molecular weight excluding hydrogens is 205 g/mol. The molecule has 0 saturated carbocycles. The van der Waals surface area contributed by atoms with E-state index in [0.29, 0.717) is 12.6 Å². The number of rotatable bonds is 6. The highest BCUT2D eigenvalue weighted by Gasteiger charge is 2.06. The van der Waals surface area contributed by atoms with E-state index in [2.05, 4.69) is 12.2 Å². The van der Waals surface area contributed by atoms with Gasteiger partial charge in [0.15, 0.2) is 0 Å². The van der Waals surface area contributed by atoms with Crippen LogP contribution in [0.3, 0.4) is 0 Å². The predicted molar refractivity (Wildman–Crippen MR) is 63.9 cm³/mol. The van der Waals surface area contributed by atoms with Gasteiger partial charge in [0.25, 0.3) is 0 Å². The van der Waals surface area contributed by atoms with Crippen LogP contribution >= 0.6 is 0 Å². The molecular formula is C13H20FNO. The van der Waals surface area contributed by atoms with Crippen molar-refractivity contribution in [3.8, 4) is 0 Å². The normalized spacial score (nSPS) is 12.8. The summed E-state index contributed by atoms with van der Waals surface area (Å²) >= 11 is 0. The van der Waals surface area contributed by atoms with E-state index in [4.69, 9.17) is 4.74 Å². The van der Waals surface area contributed by atoms with Crippen molar-refractivity contribution in [3.63, 3.8) is 0 Å². The summed E-state index contributed by atoms with van der Waals surface area (Å²) in [6.07, 6.45) is 1.02. The first-order chi connectivity index (χ1) is 7.67. The van der Waals surface area contributed by atoms with Gasteiger partial charge in [0.2, 0.25) is 0 Å². The molecule has 0 aliphatic carbocycles. The van der Waals surface area contributed by atoms with Crippen molar-refractivity contribution in [2.24, 2.45) is 0 Å². The summed E-state index contributed by atoms with van der Waals surface area (Å²) in [5.41, 5.74) is 2.12. The van der Waals surface area contributed by atoms with Gasteiger partial charge in [-0.15, -0.1) is 0 Å². The van der Waals surface area contributed by atoms with Crippen LogP contribution in [-0.2, 0) is 11.3 Å². The second-order valence-corrected chi connectivity index (χ2v) is 4.01. The fourth-order valence-corrected chi connectivity index (χ4v) is 1.63. The van der Waals surface area contributed by atoms with E-state index in [0.717, 1.165) is 24.1 Å². The van der Waals surface area contributed by atoms with E-state index < -0.39 is 0 Å². The van der Waals surface area contributed by atoms with Crippen LogP contribution in [-0.4, -0.2) is 19.8 Å². The fourth-order valence-electron chi connectivity index (χ4n) is 1.63. The molecule has 0 radical (unpaired) electrons. The summed E-state index contributed by atoms with van der Waals surface area (Å²) in [4.78, 5) is 0. The van der Waals surface area contributed by atoms with Crippen molar-refractivity contribution >= 4 is 0 Å². The van der Waals surface area contributed by atoms with Gasteiger partial charge in [-0.25, -0.2) is 4.39 Å². The van der Waals surface area contributed by atoms with Crippen molar-refractivity contribution in [2.45, 2.75) is 32.9 Å². The molecule has 1 unspecified atom stereocenters. The first-order valence-corrected chi connectivity index (χ1v) is 5.64. The molecule has 0 saturated heterocycles. The van der Waals surface area contributed by atoms with Crippen LogP contribution in [0.4, 0.5) is 4.39 Å². The number of hydrogen-bond donors (Lipinski definition) is 1. The maximum atomic E-state index is 12.9. The smallest absolute Gasteiger partial charge is 0.123 e. The van der Waals surface area contributed by atoms with E-state index in [9.17, 15) is 4.39 Å².